The quantitative estimate of drug-likeness (QED) is 0.440. The van der Waals surface area contributed by atoms with E-state index in [0.29, 0.717) is 0 Å². The van der Waals surface area contributed by atoms with Crippen molar-refractivity contribution in [2.45, 2.75) is 5.41 Å². The molecule has 0 atom stereocenters. The van der Waals surface area contributed by atoms with Crippen molar-refractivity contribution in [2.24, 2.45) is 7.05 Å². The lowest BCUT2D eigenvalue weighted by Crippen LogP contribution is -2.34. The van der Waals surface area contributed by atoms with Crippen LogP contribution in [0.3, 0.4) is 0 Å². The molecule has 2 heteroatoms. The third-order valence-corrected chi connectivity index (χ3v) is 5.43. The first-order valence-electron chi connectivity index (χ1n) is 8.87. The fourth-order valence-electron chi connectivity index (χ4n) is 4.37. The van der Waals surface area contributed by atoms with Gasteiger partial charge in [0, 0.05) is 24.0 Å². The van der Waals surface area contributed by atoms with Crippen LogP contribution < -0.4 is 4.57 Å². The molecular formula is C24H19N2+. The van der Waals surface area contributed by atoms with Gasteiger partial charge in [0.15, 0.2) is 12.4 Å². The van der Waals surface area contributed by atoms with Gasteiger partial charge in [-0.1, -0.05) is 60.7 Å². The standard InChI is InChI=1S/C24H19N2/c1-26-15-13-21-20-12-14-25-16-22(20)24(23(21)17-26,18-8-4-2-5-9-18)19-10-6-3-7-11-19/h2-17H,1H3/q+1. The van der Waals surface area contributed by atoms with Gasteiger partial charge in [-0.3, -0.25) is 4.98 Å². The van der Waals surface area contributed by atoms with Crippen LogP contribution in [0, 0.1) is 0 Å². The van der Waals surface area contributed by atoms with Crippen molar-refractivity contribution in [3.63, 3.8) is 0 Å². The zero-order chi connectivity index (χ0) is 17.6. The van der Waals surface area contributed by atoms with E-state index in [9.17, 15) is 0 Å². The Hall–Kier alpha value is -3.26. The van der Waals surface area contributed by atoms with Crippen molar-refractivity contribution >= 4 is 0 Å². The molecule has 0 fully saturated rings. The van der Waals surface area contributed by atoms with Gasteiger partial charge in [0.25, 0.3) is 0 Å². The van der Waals surface area contributed by atoms with Crippen LogP contribution in [0.5, 0.6) is 0 Å². The van der Waals surface area contributed by atoms with Crippen molar-refractivity contribution in [2.75, 3.05) is 0 Å². The number of aromatic nitrogens is 2. The summed E-state index contributed by atoms with van der Waals surface area (Å²) in [5.41, 5.74) is 7.30. The molecule has 26 heavy (non-hydrogen) atoms. The Labute approximate surface area is 153 Å². The molecule has 124 valence electrons. The third kappa shape index (κ3) is 1.93. The highest BCUT2D eigenvalue weighted by atomic mass is 14.9. The first kappa shape index (κ1) is 15.0. The Morgan fingerprint density at radius 2 is 1.35 bits per heavy atom. The van der Waals surface area contributed by atoms with Crippen LogP contribution in [0.25, 0.3) is 11.1 Å². The summed E-state index contributed by atoms with van der Waals surface area (Å²) in [4.78, 5) is 4.50. The molecule has 1 aliphatic carbocycles. The Morgan fingerprint density at radius 3 is 2.00 bits per heavy atom. The fourth-order valence-corrected chi connectivity index (χ4v) is 4.37. The van der Waals surface area contributed by atoms with Crippen LogP contribution in [0.4, 0.5) is 0 Å². The van der Waals surface area contributed by atoms with Crippen LogP contribution in [0.2, 0.25) is 0 Å². The van der Waals surface area contributed by atoms with Gasteiger partial charge in [0.1, 0.15) is 7.05 Å². The second-order valence-corrected chi connectivity index (χ2v) is 6.84. The average Bonchev–Trinajstić information content (AvgIpc) is 3.00. The van der Waals surface area contributed by atoms with Gasteiger partial charge in [0.2, 0.25) is 0 Å². The molecule has 0 saturated carbocycles. The third-order valence-electron chi connectivity index (χ3n) is 5.43. The van der Waals surface area contributed by atoms with E-state index >= 15 is 0 Å². The Balaban J connectivity index is 1.99. The molecule has 4 aromatic rings. The fraction of sp³-hybridized carbons (Fsp3) is 0.0833. The average molecular weight is 335 g/mol. The topological polar surface area (TPSA) is 16.8 Å². The van der Waals surface area contributed by atoms with Crippen molar-refractivity contribution in [3.05, 3.63) is 120 Å². The number of nitrogens with zero attached hydrogens (tertiary/aromatic N) is 2. The van der Waals surface area contributed by atoms with E-state index in [4.69, 9.17) is 0 Å². The number of aryl methyl sites for hydroxylation is 1. The number of hydrogen-bond acceptors (Lipinski definition) is 1. The zero-order valence-electron chi connectivity index (χ0n) is 14.6. The highest BCUT2D eigenvalue weighted by Crippen LogP contribution is 2.55. The summed E-state index contributed by atoms with van der Waals surface area (Å²) in [6, 6.07) is 25.9. The molecule has 0 radical (unpaired) electrons. The normalized spacial score (nSPS) is 13.9. The maximum atomic E-state index is 4.50. The van der Waals surface area contributed by atoms with Crippen LogP contribution in [0.1, 0.15) is 22.3 Å². The van der Waals surface area contributed by atoms with E-state index in [1.165, 1.54) is 33.4 Å². The van der Waals surface area contributed by atoms with Gasteiger partial charge >= 0.3 is 0 Å². The largest absolute Gasteiger partial charge is 0.264 e. The van der Waals surface area contributed by atoms with E-state index in [1.807, 2.05) is 12.4 Å². The molecule has 0 N–H and O–H groups in total. The molecule has 0 bridgehead atoms. The Bertz CT molecular complexity index is 1050. The Kier molecular flexibility index (Phi) is 3.26. The predicted octanol–water partition coefficient (Wildman–Crippen LogP) is 4.27. The van der Waals surface area contributed by atoms with Gasteiger partial charge in [-0.15, -0.1) is 0 Å². The summed E-state index contributed by atoms with van der Waals surface area (Å²) in [5, 5.41) is 0. The molecule has 0 saturated heterocycles. The van der Waals surface area contributed by atoms with Crippen molar-refractivity contribution < 1.29 is 4.57 Å². The summed E-state index contributed by atoms with van der Waals surface area (Å²) in [6.45, 7) is 0. The van der Waals surface area contributed by atoms with Gasteiger partial charge < -0.3 is 0 Å². The first-order chi connectivity index (χ1) is 12.8. The lowest BCUT2D eigenvalue weighted by molar-refractivity contribution is -0.671. The molecular weight excluding hydrogens is 316 g/mol. The summed E-state index contributed by atoms with van der Waals surface area (Å²) in [6.07, 6.45) is 8.31. The maximum Gasteiger partial charge on any atom is 0.173 e. The molecule has 2 heterocycles. The SMILES string of the molecule is C[n+]1ccc2c(c1)C(c1ccccc1)(c1ccccc1)c1cnccc1-2. The minimum Gasteiger partial charge on any atom is -0.264 e. The van der Waals surface area contributed by atoms with Gasteiger partial charge in [-0.05, 0) is 33.9 Å². The van der Waals surface area contributed by atoms with Crippen LogP contribution in [-0.4, -0.2) is 4.98 Å². The minimum absolute atomic E-state index is 0.347. The number of benzene rings is 2. The lowest BCUT2D eigenvalue weighted by Gasteiger charge is -2.32. The minimum atomic E-state index is -0.347. The summed E-state index contributed by atoms with van der Waals surface area (Å²) < 4.78 is 2.14. The smallest absolute Gasteiger partial charge is 0.173 e. The molecule has 0 spiro atoms. The highest BCUT2D eigenvalue weighted by Gasteiger charge is 2.47. The van der Waals surface area contributed by atoms with Crippen molar-refractivity contribution in [3.8, 4) is 11.1 Å². The summed E-state index contributed by atoms with van der Waals surface area (Å²) in [5.74, 6) is 0. The molecule has 0 unspecified atom stereocenters. The van der Waals surface area contributed by atoms with E-state index in [-0.39, 0.29) is 5.41 Å². The number of hydrogen-bond donors (Lipinski definition) is 0. The van der Waals surface area contributed by atoms with Gasteiger partial charge in [0.05, 0.1) is 5.41 Å². The number of pyridine rings is 2. The zero-order valence-corrected chi connectivity index (χ0v) is 14.6. The molecule has 5 rings (SSSR count). The Morgan fingerprint density at radius 1 is 0.731 bits per heavy atom. The molecule has 2 aromatic heterocycles. The predicted molar refractivity (Wildman–Crippen MR) is 103 cm³/mol. The van der Waals surface area contributed by atoms with E-state index in [1.54, 1.807) is 0 Å². The van der Waals surface area contributed by atoms with Crippen LogP contribution >= 0.6 is 0 Å². The molecule has 0 aliphatic heterocycles. The monoisotopic (exact) mass is 335 g/mol. The summed E-state index contributed by atoms with van der Waals surface area (Å²) >= 11 is 0. The number of fused-ring (bicyclic) bond motifs is 3. The molecule has 2 aromatic carbocycles. The lowest BCUT2D eigenvalue weighted by atomic mass is 9.68. The van der Waals surface area contributed by atoms with Crippen LogP contribution in [-0.2, 0) is 12.5 Å². The second-order valence-electron chi connectivity index (χ2n) is 6.84. The highest BCUT2D eigenvalue weighted by molar-refractivity contribution is 5.85. The number of rotatable bonds is 2. The van der Waals surface area contributed by atoms with Crippen LogP contribution in [0.15, 0.2) is 97.6 Å². The second kappa shape index (κ2) is 5.63. The van der Waals surface area contributed by atoms with E-state index in [2.05, 4.69) is 102 Å². The van der Waals surface area contributed by atoms with Gasteiger partial charge in [-0.2, -0.15) is 0 Å². The molecule has 2 nitrogen and oxygen atoms in total. The van der Waals surface area contributed by atoms with E-state index in [0.717, 1.165) is 0 Å². The maximum absolute atomic E-state index is 4.50. The van der Waals surface area contributed by atoms with E-state index < -0.39 is 0 Å². The molecule has 1 aliphatic rings. The van der Waals surface area contributed by atoms with Gasteiger partial charge in [-0.25, -0.2) is 4.57 Å². The first-order valence-corrected chi connectivity index (χ1v) is 8.87. The van der Waals surface area contributed by atoms with Crippen molar-refractivity contribution in [1.82, 2.24) is 4.98 Å². The summed E-state index contributed by atoms with van der Waals surface area (Å²) in [7, 11) is 2.09. The van der Waals surface area contributed by atoms with Crippen molar-refractivity contribution in [1.29, 1.82) is 0 Å². The molecule has 0 amide bonds.